The zero-order valence-corrected chi connectivity index (χ0v) is 12.1. The minimum atomic E-state index is -0.902. The van der Waals surface area contributed by atoms with Crippen LogP contribution in [0.25, 0.3) is 0 Å². The Morgan fingerprint density at radius 1 is 1.25 bits per heavy atom. The Morgan fingerprint density at radius 3 is 2.35 bits per heavy atom. The van der Waals surface area contributed by atoms with Crippen molar-refractivity contribution in [3.63, 3.8) is 0 Å². The summed E-state index contributed by atoms with van der Waals surface area (Å²) in [6, 6.07) is 0. The molecule has 1 saturated heterocycles. The second kappa shape index (κ2) is 4.39. The van der Waals surface area contributed by atoms with Gasteiger partial charge in [-0.2, -0.15) is 4.98 Å². The maximum atomic E-state index is 14.4. The molecule has 2 heterocycles. The predicted octanol–water partition coefficient (Wildman–Crippen LogP) is 2.80. The van der Waals surface area contributed by atoms with Gasteiger partial charge in [0.1, 0.15) is 5.73 Å². The van der Waals surface area contributed by atoms with E-state index >= 15 is 0 Å². The SMILES string of the molecule is CC1(C)OB(C(F)=C2CC(c3ncon3)C2)OC1(C)C. The molecule has 1 saturated carbocycles. The molecule has 3 rings (SSSR count). The molecule has 7 heteroatoms. The van der Waals surface area contributed by atoms with Crippen molar-refractivity contribution in [1.82, 2.24) is 10.1 Å². The molecular weight excluding hydrogens is 262 g/mol. The van der Waals surface area contributed by atoms with E-state index in [0.29, 0.717) is 18.7 Å². The van der Waals surface area contributed by atoms with Crippen LogP contribution >= 0.6 is 0 Å². The number of allylic oxidation sites excluding steroid dienone is 1. The number of aromatic nitrogens is 2. The fraction of sp³-hybridized carbons (Fsp3) is 0.692. The first-order chi connectivity index (χ1) is 9.30. The highest BCUT2D eigenvalue weighted by molar-refractivity contribution is 6.53. The van der Waals surface area contributed by atoms with Crippen LogP contribution in [0.1, 0.15) is 52.3 Å². The molecule has 0 unspecified atom stereocenters. The van der Waals surface area contributed by atoms with Crippen molar-refractivity contribution in [3.8, 4) is 0 Å². The Kier molecular flexibility index (Phi) is 3.02. The predicted molar refractivity (Wildman–Crippen MR) is 70.5 cm³/mol. The van der Waals surface area contributed by atoms with Gasteiger partial charge in [0.25, 0.3) is 0 Å². The fourth-order valence-electron chi connectivity index (χ4n) is 2.38. The normalized spacial score (nSPS) is 27.6. The van der Waals surface area contributed by atoms with Gasteiger partial charge in [-0.05, 0) is 46.1 Å². The number of hydrogen-bond acceptors (Lipinski definition) is 5. The summed E-state index contributed by atoms with van der Waals surface area (Å²) in [6.45, 7) is 7.64. The van der Waals surface area contributed by atoms with Crippen LogP contribution in [0.4, 0.5) is 4.39 Å². The van der Waals surface area contributed by atoms with Gasteiger partial charge in [0, 0.05) is 5.92 Å². The molecule has 5 nitrogen and oxygen atoms in total. The van der Waals surface area contributed by atoms with Gasteiger partial charge in [0.05, 0.1) is 11.2 Å². The summed E-state index contributed by atoms with van der Waals surface area (Å²) in [5.41, 5.74) is -0.625. The Hall–Kier alpha value is -1.21. The highest BCUT2D eigenvalue weighted by Crippen LogP contribution is 2.45. The molecule has 1 aromatic rings. The molecule has 2 fully saturated rings. The van der Waals surface area contributed by atoms with Gasteiger partial charge < -0.3 is 13.8 Å². The van der Waals surface area contributed by atoms with E-state index in [4.69, 9.17) is 13.8 Å². The summed E-state index contributed by atoms with van der Waals surface area (Å²) in [6.07, 6.45) is 2.48. The van der Waals surface area contributed by atoms with E-state index in [-0.39, 0.29) is 11.6 Å². The number of hydrogen-bond donors (Lipinski definition) is 0. The summed E-state index contributed by atoms with van der Waals surface area (Å²) >= 11 is 0. The van der Waals surface area contributed by atoms with E-state index in [1.807, 2.05) is 27.7 Å². The van der Waals surface area contributed by atoms with Crippen LogP contribution in [-0.2, 0) is 9.31 Å². The first-order valence-electron chi connectivity index (χ1n) is 6.79. The lowest BCUT2D eigenvalue weighted by atomic mass is 9.72. The second-order valence-electron chi connectivity index (χ2n) is 6.43. The topological polar surface area (TPSA) is 57.4 Å². The van der Waals surface area contributed by atoms with Crippen molar-refractivity contribution in [2.75, 3.05) is 0 Å². The summed E-state index contributed by atoms with van der Waals surface area (Å²) in [7, 11) is -0.902. The first-order valence-corrected chi connectivity index (χ1v) is 6.79. The first kappa shape index (κ1) is 13.8. The highest BCUT2D eigenvalue weighted by Gasteiger charge is 2.54. The van der Waals surface area contributed by atoms with E-state index in [9.17, 15) is 4.39 Å². The number of halogens is 1. The molecule has 2 aliphatic rings. The van der Waals surface area contributed by atoms with Crippen molar-refractivity contribution < 1.29 is 18.2 Å². The smallest absolute Gasteiger partial charge is 0.398 e. The lowest BCUT2D eigenvalue weighted by Crippen LogP contribution is -2.41. The Morgan fingerprint density at radius 2 is 1.85 bits per heavy atom. The van der Waals surface area contributed by atoms with Crippen LogP contribution in [0, 0.1) is 0 Å². The molecule has 0 aromatic carbocycles. The molecule has 0 spiro atoms. The molecule has 1 aromatic heterocycles. The highest BCUT2D eigenvalue weighted by atomic mass is 19.1. The van der Waals surface area contributed by atoms with E-state index in [1.165, 1.54) is 6.39 Å². The molecule has 0 amide bonds. The number of rotatable bonds is 2. The minimum absolute atomic E-state index is 0.136. The van der Waals surface area contributed by atoms with Crippen LogP contribution < -0.4 is 0 Å². The molecule has 0 radical (unpaired) electrons. The van der Waals surface area contributed by atoms with Crippen LogP contribution in [0.3, 0.4) is 0 Å². The third-order valence-corrected chi connectivity index (χ3v) is 4.53. The van der Waals surface area contributed by atoms with Gasteiger partial charge in [-0.15, -0.1) is 0 Å². The van der Waals surface area contributed by atoms with Crippen LogP contribution in [0.2, 0.25) is 0 Å². The zero-order valence-electron chi connectivity index (χ0n) is 12.1. The molecule has 0 atom stereocenters. The van der Waals surface area contributed by atoms with E-state index in [0.717, 1.165) is 5.57 Å². The quantitative estimate of drug-likeness (QED) is 0.779. The van der Waals surface area contributed by atoms with Gasteiger partial charge in [0.15, 0.2) is 5.82 Å². The Balaban J connectivity index is 1.69. The number of nitrogens with zero attached hydrogens (tertiary/aromatic N) is 2. The Bertz CT molecular complexity index is 518. The monoisotopic (exact) mass is 280 g/mol. The average molecular weight is 280 g/mol. The van der Waals surface area contributed by atoms with Crippen molar-refractivity contribution in [2.24, 2.45) is 0 Å². The van der Waals surface area contributed by atoms with Crippen LogP contribution in [-0.4, -0.2) is 28.5 Å². The third kappa shape index (κ3) is 2.09. The van der Waals surface area contributed by atoms with E-state index in [1.54, 1.807) is 0 Å². The van der Waals surface area contributed by atoms with Gasteiger partial charge >= 0.3 is 7.12 Å². The maximum absolute atomic E-state index is 14.4. The van der Waals surface area contributed by atoms with Gasteiger partial charge in [-0.1, -0.05) is 5.16 Å². The molecule has 0 bridgehead atoms. The van der Waals surface area contributed by atoms with Gasteiger partial charge in [-0.25, -0.2) is 4.39 Å². The summed E-state index contributed by atoms with van der Waals surface area (Å²) in [4.78, 5) is 3.99. The molecule has 20 heavy (non-hydrogen) atoms. The summed E-state index contributed by atoms with van der Waals surface area (Å²) < 4.78 is 30.5. The van der Waals surface area contributed by atoms with Crippen molar-refractivity contribution in [2.45, 2.75) is 57.7 Å². The average Bonchev–Trinajstić information content (AvgIpc) is 2.84. The van der Waals surface area contributed by atoms with Gasteiger partial charge in [-0.3, -0.25) is 0 Å². The van der Waals surface area contributed by atoms with Crippen molar-refractivity contribution in [1.29, 1.82) is 0 Å². The zero-order chi connectivity index (χ0) is 14.5. The van der Waals surface area contributed by atoms with Crippen LogP contribution in [0.5, 0.6) is 0 Å². The summed E-state index contributed by atoms with van der Waals surface area (Å²) in [5, 5.41) is 3.78. The lowest BCUT2D eigenvalue weighted by molar-refractivity contribution is 0.00578. The second-order valence-corrected chi connectivity index (χ2v) is 6.43. The third-order valence-electron chi connectivity index (χ3n) is 4.53. The maximum Gasteiger partial charge on any atom is 0.525 e. The van der Waals surface area contributed by atoms with Crippen LogP contribution in [0.15, 0.2) is 22.2 Å². The standard InChI is InChI=1S/C13H18BFN2O3/c1-12(2)13(3,4)20-14(19-12)10(15)8-5-9(6-8)11-16-7-18-17-11/h7,9H,5-6H2,1-4H3. The molecule has 0 N–H and O–H groups in total. The van der Waals surface area contributed by atoms with Crippen molar-refractivity contribution >= 4 is 7.12 Å². The van der Waals surface area contributed by atoms with Crippen molar-refractivity contribution in [3.05, 3.63) is 23.5 Å². The minimum Gasteiger partial charge on any atom is -0.398 e. The van der Waals surface area contributed by atoms with E-state index < -0.39 is 18.3 Å². The van der Waals surface area contributed by atoms with E-state index in [2.05, 4.69) is 10.1 Å². The summed E-state index contributed by atoms with van der Waals surface area (Å²) in [5.74, 6) is 0.771. The molecule has 108 valence electrons. The Labute approximate surface area is 117 Å². The fourth-order valence-corrected chi connectivity index (χ4v) is 2.38. The lowest BCUT2D eigenvalue weighted by Gasteiger charge is -2.32. The van der Waals surface area contributed by atoms with Gasteiger partial charge in [0.2, 0.25) is 6.39 Å². The molecule has 1 aliphatic heterocycles. The molecular formula is C13H18BFN2O3. The molecule has 1 aliphatic carbocycles. The largest absolute Gasteiger partial charge is 0.525 e.